The quantitative estimate of drug-likeness (QED) is 0.353. The number of rotatable bonds is 5. The van der Waals surface area contributed by atoms with Crippen molar-refractivity contribution in [2.45, 2.75) is 72.0 Å². The molecule has 180 valence electrons. The summed E-state index contributed by atoms with van der Waals surface area (Å²) in [5.74, 6) is 3.26. The van der Waals surface area contributed by atoms with Crippen molar-refractivity contribution in [3.63, 3.8) is 0 Å². The summed E-state index contributed by atoms with van der Waals surface area (Å²) in [5, 5.41) is 10.8. The number of nitrogens with two attached hydrogens (primary N) is 2. The number of nitrogens with zero attached hydrogens (tertiary/aromatic N) is 3. The largest absolute Gasteiger partial charge is 0.508 e. The Balaban J connectivity index is 2.35. The molecule has 0 aliphatic heterocycles. The molecule has 2 aromatic heterocycles. The molecule has 0 unspecified atom stereocenters. The minimum absolute atomic E-state index is 0.123. The van der Waals surface area contributed by atoms with Gasteiger partial charge in [-0.25, -0.2) is 9.97 Å². The number of nitrogen functional groups attached to an aromatic ring is 1. The number of benzene rings is 1. The van der Waals surface area contributed by atoms with Crippen molar-refractivity contribution in [3.05, 3.63) is 40.8 Å². The molecule has 0 saturated heterocycles. The standard InChI is InChI=1S/C26H35N5O2Si/c1-14(2)34(15(3)4,16(5)6)12-11-21-29-13-19-22(25(28)33)24(27)31(26(19)30-21)23-17(7)9-10-20(32)18(23)8/h9-10,13-16,32H,27H2,1-8H3,(H2,28,33). The number of aryl methyl sites for hydroxylation is 1. The number of phenols is 1. The molecule has 0 atom stereocenters. The molecule has 34 heavy (non-hydrogen) atoms. The first-order valence-corrected chi connectivity index (χ1v) is 13.9. The number of phenolic OH excluding ortho intramolecular Hbond substituents is 1. The molecule has 0 aliphatic carbocycles. The number of anilines is 1. The highest BCUT2D eigenvalue weighted by Crippen LogP contribution is 2.41. The summed E-state index contributed by atoms with van der Waals surface area (Å²) < 4.78 is 1.67. The first-order chi connectivity index (χ1) is 15.8. The molecule has 0 saturated carbocycles. The number of carbonyl (C=O) groups is 1. The molecule has 0 spiro atoms. The van der Waals surface area contributed by atoms with Gasteiger partial charge in [0.1, 0.15) is 19.6 Å². The Kier molecular flexibility index (Phi) is 6.81. The molecule has 8 heteroatoms. The number of fused-ring (bicyclic) bond motifs is 1. The van der Waals surface area contributed by atoms with Crippen molar-refractivity contribution in [1.29, 1.82) is 0 Å². The molecular weight excluding hydrogens is 442 g/mol. The van der Waals surface area contributed by atoms with Gasteiger partial charge >= 0.3 is 0 Å². The number of aromatic hydroxyl groups is 1. The number of carbonyl (C=O) groups excluding carboxylic acids is 1. The summed E-state index contributed by atoms with van der Waals surface area (Å²) in [6.07, 6.45) is 1.57. The fourth-order valence-electron chi connectivity index (χ4n) is 5.40. The Morgan fingerprint density at radius 3 is 2.21 bits per heavy atom. The third-order valence-electron chi connectivity index (χ3n) is 7.08. The second-order valence-electron chi connectivity index (χ2n) is 9.91. The van der Waals surface area contributed by atoms with Crippen LogP contribution in [-0.2, 0) is 0 Å². The van der Waals surface area contributed by atoms with E-state index in [9.17, 15) is 9.90 Å². The molecule has 2 heterocycles. The number of aromatic nitrogens is 3. The van der Waals surface area contributed by atoms with Crippen LogP contribution in [0.1, 0.15) is 68.9 Å². The maximum atomic E-state index is 12.3. The molecule has 1 amide bonds. The van der Waals surface area contributed by atoms with Gasteiger partial charge in [-0.05, 0) is 48.0 Å². The van der Waals surface area contributed by atoms with Gasteiger partial charge in [0, 0.05) is 11.8 Å². The molecule has 0 bridgehead atoms. The molecule has 0 aliphatic rings. The molecule has 3 aromatic rings. The van der Waals surface area contributed by atoms with Crippen molar-refractivity contribution in [1.82, 2.24) is 14.5 Å². The number of hydrogen-bond acceptors (Lipinski definition) is 5. The number of amides is 1. The lowest BCUT2D eigenvalue weighted by molar-refractivity contribution is 0.100. The zero-order valence-corrected chi connectivity index (χ0v) is 22.3. The van der Waals surface area contributed by atoms with Crippen LogP contribution in [0, 0.1) is 25.3 Å². The van der Waals surface area contributed by atoms with Gasteiger partial charge in [0.2, 0.25) is 5.82 Å². The lowest BCUT2D eigenvalue weighted by Gasteiger charge is -2.37. The Morgan fingerprint density at radius 2 is 1.68 bits per heavy atom. The second kappa shape index (κ2) is 9.14. The highest BCUT2D eigenvalue weighted by Gasteiger charge is 2.41. The van der Waals surface area contributed by atoms with Gasteiger partial charge in [-0.3, -0.25) is 9.36 Å². The van der Waals surface area contributed by atoms with Gasteiger partial charge in [-0.15, -0.1) is 5.54 Å². The summed E-state index contributed by atoms with van der Waals surface area (Å²) in [6.45, 7) is 17.2. The molecular formula is C26H35N5O2Si. The number of primary amides is 1. The van der Waals surface area contributed by atoms with Gasteiger partial charge < -0.3 is 16.6 Å². The van der Waals surface area contributed by atoms with E-state index < -0.39 is 14.0 Å². The minimum Gasteiger partial charge on any atom is -0.508 e. The van der Waals surface area contributed by atoms with E-state index in [1.54, 1.807) is 29.8 Å². The van der Waals surface area contributed by atoms with Crippen LogP contribution in [0.15, 0.2) is 18.3 Å². The third kappa shape index (κ3) is 3.94. The van der Waals surface area contributed by atoms with E-state index in [2.05, 4.69) is 58.0 Å². The lowest BCUT2D eigenvalue weighted by Crippen LogP contribution is -2.43. The fourth-order valence-corrected chi connectivity index (χ4v) is 10.6. The maximum absolute atomic E-state index is 12.3. The lowest BCUT2D eigenvalue weighted by atomic mass is 10.1. The predicted octanol–water partition coefficient (Wildman–Crippen LogP) is 4.99. The summed E-state index contributed by atoms with van der Waals surface area (Å²) >= 11 is 0. The van der Waals surface area contributed by atoms with E-state index in [1.807, 2.05) is 6.92 Å². The summed E-state index contributed by atoms with van der Waals surface area (Å²) in [4.78, 5) is 21.5. The smallest absolute Gasteiger partial charge is 0.253 e. The van der Waals surface area contributed by atoms with Crippen molar-refractivity contribution in [3.8, 4) is 22.9 Å². The van der Waals surface area contributed by atoms with Crippen LogP contribution < -0.4 is 11.5 Å². The topological polar surface area (TPSA) is 120 Å². The first kappa shape index (κ1) is 25.3. The van der Waals surface area contributed by atoms with E-state index in [1.165, 1.54) is 0 Å². The summed E-state index contributed by atoms with van der Waals surface area (Å²) in [6, 6.07) is 3.42. The average Bonchev–Trinajstić information content (AvgIpc) is 3.02. The molecule has 5 N–H and O–H groups in total. The Morgan fingerprint density at radius 1 is 1.09 bits per heavy atom. The van der Waals surface area contributed by atoms with Gasteiger partial charge in [0.25, 0.3) is 5.91 Å². The van der Waals surface area contributed by atoms with Crippen LogP contribution >= 0.6 is 0 Å². The second-order valence-corrected chi connectivity index (χ2v) is 15.5. The van der Waals surface area contributed by atoms with Crippen LogP contribution in [0.4, 0.5) is 5.82 Å². The highest BCUT2D eigenvalue weighted by atomic mass is 28.3. The number of hydrogen-bond donors (Lipinski definition) is 3. The van der Waals surface area contributed by atoms with Crippen molar-refractivity contribution < 1.29 is 9.90 Å². The van der Waals surface area contributed by atoms with E-state index in [0.717, 1.165) is 5.56 Å². The van der Waals surface area contributed by atoms with E-state index >= 15 is 0 Å². The zero-order valence-electron chi connectivity index (χ0n) is 21.3. The third-order valence-corrected chi connectivity index (χ3v) is 13.4. The summed E-state index contributed by atoms with van der Waals surface area (Å²) in [7, 11) is -1.98. The molecule has 1 aromatic carbocycles. The monoisotopic (exact) mass is 477 g/mol. The van der Waals surface area contributed by atoms with Crippen LogP contribution in [-0.4, -0.2) is 33.6 Å². The van der Waals surface area contributed by atoms with Gasteiger partial charge in [0.05, 0.1) is 16.6 Å². The van der Waals surface area contributed by atoms with Crippen molar-refractivity contribution in [2.24, 2.45) is 5.73 Å². The Labute approximate surface area is 202 Å². The van der Waals surface area contributed by atoms with Gasteiger partial charge in [-0.1, -0.05) is 47.6 Å². The fraction of sp³-hybridized carbons (Fsp3) is 0.423. The van der Waals surface area contributed by atoms with Crippen LogP contribution in [0.2, 0.25) is 16.6 Å². The van der Waals surface area contributed by atoms with E-state index in [-0.39, 0.29) is 17.1 Å². The minimum atomic E-state index is -1.98. The van der Waals surface area contributed by atoms with Gasteiger partial charge in [-0.2, -0.15) is 0 Å². The maximum Gasteiger partial charge on any atom is 0.253 e. The SMILES string of the molecule is Cc1ccc(O)c(C)c1-n1c(N)c(C(N)=O)c2cnc(C#C[Si](C(C)C)(C(C)C)C(C)C)nc21. The van der Waals surface area contributed by atoms with E-state index in [0.29, 0.717) is 44.7 Å². The Bertz CT molecular complexity index is 1310. The Hall–Kier alpha value is -3.31. The molecule has 3 rings (SSSR count). The molecule has 7 nitrogen and oxygen atoms in total. The van der Waals surface area contributed by atoms with Crippen molar-refractivity contribution >= 4 is 30.8 Å². The highest BCUT2D eigenvalue weighted by molar-refractivity contribution is 6.90. The molecule has 0 fully saturated rings. The predicted molar refractivity (Wildman–Crippen MR) is 141 cm³/mol. The first-order valence-electron chi connectivity index (χ1n) is 11.6. The normalized spacial score (nSPS) is 12.0. The van der Waals surface area contributed by atoms with Gasteiger partial charge in [0.15, 0.2) is 5.65 Å². The molecule has 0 radical (unpaired) electrons. The van der Waals surface area contributed by atoms with E-state index in [4.69, 9.17) is 16.5 Å². The van der Waals surface area contributed by atoms with Crippen LogP contribution in [0.5, 0.6) is 5.75 Å². The zero-order chi connectivity index (χ0) is 25.5. The van der Waals surface area contributed by atoms with Crippen LogP contribution in [0.3, 0.4) is 0 Å². The van der Waals surface area contributed by atoms with Crippen molar-refractivity contribution in [2.75, 3.05) is 5.73 Å². The average molecular weight is 478 g/mol. The van der Waals surface area contributed by atoms with Crippen LogP contribution in [0.25, 0.3) is 16.7 Å². The summed E-state index contributed by atoms with van der Waals surface area (Å²) in [5.41, 5.74) is 19.9.